The summed E-state index contributed by atoms with van der Waals surface area (Å²) in [6, 6.07) is 6.66. The van der Waals surface area contributed by atoms with Gasteiger partial charge in [0, 0.05) is 38.2 Å². The number of piperidine rings is 1. The SMILES string of the molecule is CC(C)(C)OC(=O)N1CCC(OC(=O)c2ccc(NC(=O)CC3CCCO3)cc2)CC1. The zero-order valence-corrected chi connectivity index (χ0v) is 18.5. The normalized spacial score (nSPS) is 19.7. The van der Waals surface area contributed by atoms with E-state index in [2.05, 4.69) is 5.32 Å². The van der Waals surface area contributed by atoms with Crippen LogP contribution in [0.25, 0.3) is 0 Å². The van der Waals surface area contributed by atoms with E-state index in [1.807, 2.05) is 20.8 Å². The second kappa shape index (κ2) is 10.1. The van der Waals surface area contributed by atoms with Crippen molar-refractivity contribution in [2.45, 2.75) is 70.7 Å². The summed E-state index contributed by atoms with van der Waals surface area (Å²) in [4.78, 5) is 38.3. The molecule has 0 saturated carbocycles. The second-order valence-corrected chi connectivity index (χ2v) is 9.04. The van der Waals surface area contributed by atoms with Gasteiger partial charge in [-0.15, -0.1) is 0 Å². The molecule has 170 valence electrons. The number of anilines is 1. The molecular formula is C23H32N2O6. The van der Waals surface area contributed by atoms with Crippen molar-refractivity contribution >= 4 is 23.7 Å². The van der Waals surface area contributed by atoms with Gasteiger partial charge in [-0.1, -0.05) is 0 Å². The van der Waals surface area contributed by atoms with Gasteiger partial charge in [-0.25, -0.2) is 9.59 Å². The molecule has 1 aromatic rings. The maximum atomic E-state index is 12.4. The molecule has 2 aliphatic rings. The maximum absolute atomic E-state index is 12.4. The molecule has 1 atom stereocenters. The minimum atomic E-state index is -0.531. The van der Waals surface area contributed by atoms with E-state index in [-0.39, 0.29) is 24.2 Å². The van der Waals surface area contributed by atoms with Crippen LogP contribution in [0.5, 0.6) is 0 Å². The number of amides is 2. The molecule has 0 spiro atoms. The topological polar surface area (TPSA) is 94.2 Å². The standard InChI is InChI=1S/C23H32N2O6/c1-23(2,3)31-22(28)25-12-10-18(11-13-25)30-21(27)16-6-8-17(9-7-16)24-20(26)15-19-5-4-14-29-19/h6-9,18-19H,4-5,10-15H2,1-3H3,(H,24,26). The van der Waals surface area contributed by atoms with Crippen LogP contribution >= 0.6 is 0 Å². The lowest BCUT2D eigenvalue weighted by Crippen LogP contribution is -2.43. The lowest BCUT2D eigenvalue weighted by atomic mass is 10.1. The average Bonchev–Trinajstić information content (AvgIpc) is 3.20. The first-order chi connectivity index (χ1) is 14.7. The fourth-order valence-corrected chi connectivity index (χ4v) is 3.62. The van der Waals surface area contributed by atoms with E-state index in [1.165, 1.54) is 0 Å². The third-order valence-electron chi connectivity index (χ3n) is 5.21. The summed E-state index contributed by atoms with van der Waals surface area (Å²) in [5, 5.41) is 2.83. The molecule has 3 rings (SSSR count). The van der Waals surface area contributed by atoms with Gasteiger partial charge in [-0.05, 0) is 57.9 Å². The molecule has 1 aromatic carbocycles. The quantitative estimate of drug-likeness (QED) is 0.712. The van der Waals surface area contributed by atoms with E-state index in [4.69, 9.17) is 14.2 Å². The molecule has 0 aliphatic carbocycles. The van der Waals surface area contributed by atoms with Gasteiger partial charge in [-0.3, -0.25) is 4.79 Å². The zero-order valence-electron chi connectivity index (χ0n) is 18.5. The van der Waals surface area contributed by atoms with Gasteiger partial charge in [0.25, 0.3) is 0 Å². The minimum absolute atomic E-state index is 0.00372. The number of likely N-dealkylation sites (tertiary alicyclic amines) is 1. The van der Waals surface area contributed by atoms with E-state index in [1.54, 1.807) is 29.2 Å². The van der Waals surface area contributed by atoms with E-state index in [0.29, 0.717) is 43.6 Å². The number of hydrogen-bond acceptors (Lipinski definition) is 6. The predicted octanol–water partition coefficient (Wildman–Crippen LogP) is 3.75. The molecule has 0 aromatic heterocycles. The molecule has 2 saturated heterocycles. The molecule has 1 N–H and O–H groups in total. The number of ether oxygens (including phenoxy) is 3. The molecule has 1 unspecified atom stereocenters. The first kappa shape index (κ1) is 23.1. The minimum Gasteiger partial charge on any atom is -0.459 e. The Bertz CT molecular complexity index is 772. The van der Waals surface area contributed by atoms with Crippen LogP contribution in [0.4, 0.5) is 10.5 Å². The summed E-state index contributed by atoms with van der Waals surface area (Å²) in [6.07, 6.45) is 2.81. The molecule has 2 aliphatic heterocycles. The van der Waals surface area contributed by atoms with Gasteiger partial charge in [0.05, 0.1) is 18.1 Å². The van der Waals surface area contributed by atoms with Crippen molar-refractivity contribution in [2.75, 3.05) is 25.0 Å². The van der Waals surface area contributed by atoms with E-state index in [9.17, 15) is 14.4 Å². The number of nitrogens with zero attached hydrogens (tertiary/aromatic N) is 1. The number of benzene rings is 1. The Hall–Kier alpha value is -2.61. The van der Waals surface area contributed by atoms with Gasteiger partial charge in [0.15, 0.2) is 0 Å². The third kappa shape index (κ3) is 7.24. The molecule has 2 heterocycles. The highest BCUT2D eigenvalue weighted by Crippen LogP contribution is 2.20. The third-order valence-corrected chi connectivity index (χ3v) is 5.21. The van der Waals surface area contributed by atoms with Gasteiger partial charge < -0.3 is 24.4 Å². The van der Waals surface area contributed by atoms with Crippen molar-refractivity contribution in [3.8, 4) is 0 Å². The number of carbonyl (C=O) groups excluding carboxylic acids is 3. The Morgan fingerprint density at radius 3 is 2.35 bits per heavy atom. The molecule has 31 heavy (non-hydrogen) atoms. The predicted molar refractivity (Wildman–Crippen MR) is 115 cm³/mol. The van der Waals surface area contributed by atoms with Crippen LogP contribution in [-0.4, -0.2) is 60.4 Å². The highest BCUT2D eigenvalue weighted by Gasteiger charge is 2.28. The molecular weight excluding hydrogens is 400 g/mol. The molecule has 2 amide bonds. The van der Waals surface area contributed by atoms with Crippen molar-refractivity contribution in [3.63, 3.8) is 0 Å². The van der Waals surface area contributed by atoms with Crippen molar-refractivity contribution in [1.29, 1.82) is 0 Å². The van der Waals surface area contributed by atoms with Crippen LogP contribution in [0, 0.1) is 0 Å². The fraction of sp³-hybridized carbons (Fsp3) is 0.609. The summed E-state index contributed by atoms with van der Waals surface area (Å²) in [5.41, 5.74) is 0.521. The van der Waals surface area contributed by atoms with Crippen molar-refractivity contribution in [1.82, 2.24) is 4.90 Å². The molecule has 8 nitrogen and oxygen atoms in total. The zero-order chi connectivity index (χ0) is 22.4. The van der Waals surface area contributed by atoms with E-state index in [0.717, 1.165) is 19.4 Å². The van der Waals surface area contributed by atoms with E-state index >= 15 is 0 Å². The summed E-state index contributed by atoms with van der Waals surface area (Å²) in [6.45, 7) is 7.19. The Morgan fingerprint density at radius 2 is 1.77 bits per heavy atom. The molecule has 2 fully saturated rings. The summed E-state index contributed by atoms with van der Waals surface area (Å²) < 4.78 is 16.4. The molecule has 0 radical (unpaired) electrons. The van der Waals surface area contributed by atoms with Crippen LogP contribution in [0.3, 0.4) is 0 Å². The number of carbonyl (C=O) groups is 3. The lowest BCUT2D eigenvalue weighted by Gasteiger charge is -2.33. The summed E-state index contributed by atoms with van der Waals surface area (Å²) in [7, 11) is 0. The average molecular weight is 433 g/mol. The van der Waals surface area contributed by atoms with Crippen molar-refractivity contribution in [2.24, 2.45) is 0 Å². The van der Waals surface area contributed by atoms with Crippen molar-refractivity contribution < 1.29 is 28.6 Å². The first-order valence-corrected chi connectivity index (χ1v) is 10.9. The summed E-state index contributed by atoms with van der Waals surface area (Å²) in [5.74, 6) is -0.507. The number of hydrogen-bond donors (Lipinski definition) is 1. The Morgan fingerprint density at radius 1 is 1.10 bits per heavy atom. The van der Waals surface area contributed by atoms with Crippen LogP contribution in [-0.2, 0) is 19.0 Å². The van der Waals surface area contributed by atoms with Crippen molar-refractivity contribution in [3.05, 3.63) is 29.8 Å². The van der Waals surface area contributed by atoms with Crippen LogP contribution in [0.1, 0.15) is 63.2 Å². The number of rotatable bonds is 5. The van der Waals surface area contributed by atoms with Gasteiger partial charge in [0.1, 0.15) is 11.7 Å². The summed E-state index contributed by atoms with van der Waals surface area (Å²) >= 11 is 0. The van der Waals surface area contributed by atoms with Crippen LogP contribution in [0.2, 0.25) is 0 Å². The highest BCUT2D eigenvalue weighted by atomic mass is 16.6. The number of nitrogens with one attached hydrogen (secondary N) is 1. The van der Waals surface area contributed by atoms with E-state index < -0.39 is 11.6 Å². The molecule has 8 heteroatoms. The number of esters is 1. The first-order valence-electron chi connectivity index (χ1n) is 10.9. The monoisotopic (exact) mass is 432 g/mol. The fourth-order valence-electron chi connectivity index (χ4n) is 3.62. The Kier molecular flexibility index (Phi) is 7.54. The van der Waals surface area contributed by atoms with Crippen LogP contribution in [0.15, 0.2) is 24.3 Å². The molecule has 0 bridgehead atoms. The van der Waals surface area contributed by atoms with Gasteiger partial charge in [0.2, 0.25) is 5.91 Å². The van der Waals surface area contributed by atoms with Gasteiger partial charge in [-0.2, -0.15) is 0 Å². The van der Waals surface area contributed by atoms with Crippen LogP contribution < -0.4 is 5.32 Å². The highest BCUT2D eigenvalue weighted by molar-refractivity contribution is 5.93. The Balaban J connectivity index is 1.42. The van der Waals surface area contributed by atoms with Gasteiger partial charge >= 0.3 is 12.1 Å². The Labute approximate surface area is 183 Å². The maximum Gasteiger partial charge on any atom is 0.410 e. The lowest BCUT2D eigenvalue weighted by molar-refractivity contribution is -0.118. The smallest absolute Gasteiger partial charge is 0.410 e. The largest absolute Gasteiger partial charge is 0.459 e. The second-order valence-electron chi connectivity index (χ2n) is 9.04.